The number of piperidine rings is 1. The summed E-state index contributed by atoms with van der Waals surface area (Å²) in [7, 11) is 1.73. The normalized spacial score (nSPS) is 18.9. The number of hydrogen-bond donors (Lipinski definition) is 0. The third-order valence-corrected chi connectivity index (χ3v) is 4.69. The molecule has 1 saturated heterocycles. The molecule has 1 aliphatic heterocycles. The first kappa shape index (κ1) is 16.8. The second-order valence-electron chi connectivity index (χ2n) is 6.40. The summed E-state index contributed by atoms with van der Waals surface area (Å²) in [4.78, 5) is 23.4. The van der Waals surface area contributed by atoms with Crippen molar-refractivity contribution < 1.29 is 0 Å². The van der Waals surface area contributed by atoms with Crippen molar-refractivity contribution in [2.24, 2.45) is 7.05 Å². The van der Waals surface area contributed by atoms with Crippen LogP contribution in [0.5, 0.6) is 0 Å². The molecule has 0 aromatic carbocycles. The van der Waals surface area contributed by atoms with E-state index in [0.717, 1.165) is 56.2 Å². The fraction of sp³-hybridized carbons (Fsp3) is 0.647. The highest BCUT2D eigenvalue weighted by Gasteiger charge is 2.26. The lowest BCUT2D eigenvalue weighted by Gasteiger charge is -2.32. The molecule has 24 heavy (non-hydrogen) atoms. The van der Waals surface area contributed by atoms with Crippen LogP contribution >= 0.6 is 0 Å². The number of aromatic nitrogens is 5. The van der Waals surface area contributed by atoms with Crippen molar-refractivity contribution in [1.82, 2.24) is 29.2 Å². The van der Waals surface area contributed by atoms with Crippen LogP contribution in [-0.4, -0.2) is 42.3 Å². The van der Waals surface area contributed by atoms with E-state index in [-0.39, 0.29) is 5.69 Å². The molecule has 7 nitrogen and oxygen atoms in total. The van der Waals surface area contributed by atoms with Crippen LogP contribution in [-0.2, 0) is 26.6 Å². The van der Waals surface area contributed by atoms with Gasteiger partial charge in [-0.25, -0.2) is 19.4 Å². The van der Waals surface area contributed by atoms with Crippen molar-refractivity contribution in [3.05, 3.63) is 40.1 Å². The summed E-state index contributed by atoms with van der Waals surface area (Å²) >= 11 is 0. The van der Waals surface area contributed by atoms with Gasteiger partial charge in [-0.05, 0) is 32.4 Å². The first-order valence-corrected chi connectivity index (χ1v) is 8.79. The molecule has 1 fully saturated rings. The molecular weight excluding hydrogens is 304 g/mol. The van der Waals surface area contributed by atoms with Crippen molar-refractivity contribution in [2.75, 3.05) is 13.1 Å². The summed E-state index contributed by atoms with van der Waals surface area (Å²) in [6, 6.07) is 1.99. The van der Waals surface area contributed by atoms with Gasteiger partial charge in [0.2, 0.25) is 0 Å². The predicted molar refractivity (Wildman–Crippen MR) is 91.8 cm³/mol. The maximum Gasteiger partial charge on any atom is 0.345 e. The minimum Gasteiger partial charge on any atom is -0.297 e. The first-order chi connectivity index (χ1) is 11.6. The van der Waals surface area contributed by atoms with E-state index in [9.17, 15) is 4.79 Å². The third-order valence-electron chi connectivity index (χ3n) is 4.69. The van der Waals surface area contributed by atoms with E-state index in [1.165, 1.54) is 4.68 Å². The standard InChI is InChI=1S/C17H26N6O/c1-4-15-18-9-8-14(19-15)12-22-10-6-7-13(11-22)16-20-21(3)17(24)23(16)5-2/h8-9,13H,4-7,10-12H2,1-3H3. The predicted octanol–water partition coefficient (Wildman–Crippen LogP) is 1.33. The van der Waals surface area contributed by atoms with Gasteiger partial charge >= 0.3 is 5.69 Å². The molecular formula is C17H26N6O. The molecule has 7 heteroatoms. The van der Waals surface area contributed by atoms with Crippen LogP contribution in [0, 0.1) is 0 Å². The van der Waals surface area contributed by atoms with Gasteiger partial charge in [0.05, 0.1) is 5.69 Å². The molecule has 0 spiro atoms. The minimum atomic E-state index is -0.0204. The van der Waals surface area contributed by atoms with Gasteiger partial charge < -0.3 is 0 Å². The Hall–Kier alpha value is -2.02. The van der Waals surface area contributed by atoms with Crippen molar-refractivity contribution in [2.45, 2.75) is 52.1 Å². The van der Waals surface area contributed by atoms with Crippen LogP contribution in [0.3, 0.4) is 0 Å². The van der Waals surface area contributed by atoms with E-state index in [1.54, 1.807) is 11.6 Å². The second-order valence-corrected chi connectivity index (χ2v) is 6.40. The van der Waals surface area contributed by atoms with Crippen molar-refractivity contribution in [3.63, 3.8) is 0 Å². The minimum absolute atomic E-state index is 0.0204. The molecule has 0 amide bonds. The second kappa shape index (κ2) is 7.25. The number of hydrogen-bond acceptors (Lipinski definition) is 5. The molecule has 3 heterocycles. The average Bonchev–Trinajstić information content (AvgIpc) is 2.90. The summed E-state index contributed by atoms with van der Waals surface area (Å²) < 4.78 is 3.25. The Balaban J connectivity index is 1.75. The van der Waals surface area contributed by atoms with Crippen molar-refractivity contribution in [3.8, 4) is 0 Å². The fourth-order valence-corrected chi connectivity index (χ4v) is 3.46. The van der Waals surface area contributed by atoms with E-state index >= 15 is 0 Å². The summed E-state index contributed by atoms with van der Waals surface area (Å²) in [6.45, 7) is 7.55. The molecule has 0 bridgehead atoms. The Morgan fingerprint density at radius 1 is 1.33 bits per heavy atom. The topological polar surface area (TPSA) is 68.8 Å². The Morgan fingerprint density at radius 3 is 2.92 bits per heavy atom. The molecule has 1 atom stereocenters. The van der Waals surface area contributed by atoms with Crippen LogP contribution < -0.4 is 5.69 Å². The maximum atomic E-state index is 12.1. The molecule has 0 aliphatic carbocycles. The molecule has 130 valence electrons. The molecule has 0 saturated carbocycles. The van der Waals surface area contributed by atoms with Crippen molar-refractivity contribution in [1.29, 1.82) is 0 Å². The number of aryl methyl sites for hydroxylation is 2. The first-order valence-electron chi connectivity index (χ1n) is 8.79. The number of rotatable bonds is 5. The zero-order chi connectivity index (χ0) is 17.1. The van der Waals surface area contributed by atoms with Crippen LogP contribution in [0.15, 0.2) is 17.1 Å². The Bertz CT molecular complexity index is 750. The van der Waals surface area contributed by atoms with Gasteiger partial charge in [0.15, 0.2) is 0 Å². The van der Waals surface area contributed by atoms with E-state index < -0.39 is 0 Å². The smallest absolute Gasteiger partial charge is 0.297 e. The maximum absolute atomic E-state index is 12.1. The van der Waals surface area contributed by atoms with Gasteiger partial charge in [0.25, 0.3) is 0 Å². The Morgan fingerprint density at radius 2 is 2.17 bits per heavy atom. The van der Waals surface area contributed by atoms with Crippen LogP contribution in [0.25, 0.3) is 0 Å². The zero-order valence-corrected chi connectivity index (χ0v) is 14.8. The van der Waals surface area contributed by atoms with Crippen LogP contribution in [0.4, 0.5) is 0 Å². The lowest BCUT2D eigenvalue weighted by molar-refractivity contribution is 0.192. The van der Waals surface area contributed by atoms with Gasteiger partial charge in [-0.15, -0.1) is 0 Å². The average molecular weight is 330 g/mol. The van der Waals surface area contributed by atoms with E-state index in [0.29, 0.717) is 12.5 Å². The van der Waals surface area contributed by atoms with Crippen LogP contribution in [0.1, 0.15) is 49.9 Å². The third kappa shape index (κ3) is 3.40. The Kier molecular flexibility index (Phi) is 5.08. The lowest BCUT2D eigenvalue weighted by Crippen LogP contribution is -2.35. The summed E-state index contributed by atoms with van der Waals surface area (Å²) in [5, 5.41) is 4.49. The zero-order valence-electron chi connectivity index (χ0n) is 14.8. The molecule has 2 aromatic heterocycles. The number of nitrogens with zero attached hydrogens (tertiary/aromatic N) is 6. The molecule has 0 N–H and O–H groups in total. The van der Waals surface area contributed by atoms with Gasteiger partial charge in [0, 0.05) is 45.2 Å². The van der Waals surface area contributed by atoms with Gasteiger partial charge in [-0.2, -0.15) is 5.10 Å². The quantitative estimate of drug-likeness (QED) is 0.827. The molecule has 2 aromatic rings. The monoisotopic (exact) mass is 330 g/mol. The SMILES string of the molecule is CCc1nccc(CN2CCCC(c3nn(C)c(=O)n3CC)C2)n1. The van der Waals surface area contributed by atoms with Gasteiger partial charge in [-0.1, -0.05) is 6.92 Å². The van der Waals surface area contributed by atoms with E-state index in [4.69, 9.17) is 0 Å². The molecule has 0 radical (unpaired) electrons. The van der Waals surface area contributed by atoms with E-state index in [2.05, 4.69) is 26.9 Å². The van der Waals surface area contributed by atoms with Crippen LogP contribution in [0.2, 0.25) is 0 Å². The summed E-state index contributed by atoms with van der Waals surface area (Å²) in [6.07, 6.45) is 4.89. The lowest BCUT2D eigenvalue weighted by atomic mass is 9.97. The largest absolute Gasteiger partial charge is 0.345 e. The fourth-order valence-electron chi connectivity index (χ4n) is 3.46. The van der Waals surface area contributed by atoms with E-state index in [1.807, 2.05) is 19.2 Å². The number of likely N-dealkylation sites (tertiary alicyclic amines) is 1. The molecule has 1 unspecified atom stereocenters. The Labute approximate surface area is 142 Å². The van der Waals surface area contributed by atoms with Gasteiger partial charge in [-0.3, -0.25) is 9.47 Å². The highest BCUT2D eigenvalue weighted by molar-refractivity contribution is 5.05. The molecule has 3 rings (SSSR count). The summed E-state index contributed by atoms with van der Waals surface area (Å²) in [5.74, 6) is 2.12. The highest BCUT2D eigenvalue weighted by atomic mass is 16.2. The highest BCUT2D eigenvalue weighted by Crippen LogP contribution is 2.25. The molecule has 1 aliphatic rings. The summed E-state index contributed by atoms with van der Waals surface area (Å²) in [5.41, 5.74) is 1.05. The van der Waals surface area contributed by atoms with Gasteiger partial charge in [0.1, 0.15) is 11.6 Å². The van der Waals surface area contributed by atoms with Crippen molar-refractivity contribution >= 4 is 0 Å².